The minimum absolute atomic E-state index is 0.00509. The summed E-state index contributed by atoms with van der Waals surface area (Å²) in [5, 5.41) is 0. The first-order valence-corrected chi connectivity index (χ1v) is 8.85. The van der Waals surface area contributed by atoms with Crippen molar-refractivity contribution in [2.24, 2.45) is 23.2 Å². The number of ketones is 1. The van der Waals surface area contributed by atoms with Gasteiger partial charge >= 0.3 is 0 Å². The molecule has 0 unspecified atom stereocenters. The van der Waals surface area contributed by atoms with Crippen LogP contribution in [0.1, 0.15) is 57.9 Å². The summed E-state index contributed by atoms with van der Waals surface area (Å²) in [5.74, 6) is 2.97. The zero-order valence-corrected chi connectivity index (χ0v) is 13.8. The first kappa shape index (κ1) is 14.2. The van der Waals surface area contributed by atoms with Crippen LogP contribution in [0, 0.1) is 23.2 Å². The number of hydrogen-bond donors (Lipinski definition) is 0. The van der Waals surface area contributed by atoms with Crippen LogP contribution in [0.2, 0.25) is 0 Å². The second-order valence-corrected chi connectivity index (χ2v) is 8.14. The maximum atomic E-state index is 13.4. The fourth-order valence-electron chi connectivity index (χ4n) is 5.86. The van der Waals surface area contributed by atoms with Gasteiger partial charge in [-0.3, -0.25) is 4.79 Å². The van der Waals surface area contributed by atoms with Crippen LogP contribution in [-0.2, 0) is 4.79 Å². The van der Waals surface area contributed by atoms with Gasteiger partial charge in [0.2, 0.25) is 0 Å². The van der Waals surface area contributed by atoms with Crippen LogP contribution in [0.25, 0.3) is 5.57 Å². The van der Waals surface area contributed by atoms with Gasteiger partial charge in [0.15, 0.2) is 5.78 Å². The molecule has 0 aliphatic heterocycles. The highest BCUT2D eigenvalue weighted by Gasteiger charge is 2.54. The van der Waals surface area contributed by atoms with Crippen molar-refractivity contribution >= 4 is 11.4 Å². The standard InChI is InChI=1S/C21H26O/c1-14(19-6-4-3-5-7-19)15(2)20(22)21-11-16-8-17(12-21)10-18(9-16)13-21/h3-7,16-18H,8-13H2,1-2H3/b15-14+. The lowest BCUT2D eigenvalue weighted by atomic mass is 9.48. The molecule has 22 heavy (non-hydrogen) atoms. The van der Waals surface area contributed by atoms with Gasteiger partial charge in [-0.25, -0.2) is 0 Å². The molecule has 1 nitrogen and oxygen atoms in total. The number of carbonyl (C=O) groups excluding carboxylic acids is 1. The summed E-state index contributed by atoms with van der Waals surface area (Å²) >= 11 is 0. The second kappa shape index (κ2) is 5.08. The quantitative estimate of drug-likeness (QED) is 0.694. The van der Waals surface area contributed by atoms with Crippen molar-refractivity contribution < 1.29 is 4.79 Å². The Bertz CT molecular complexity index is 587. The topological polar surface area (TPSA) is 17.1 Å². The molecule has 0 amide bonds. The Balaban J connectivity index is 1.67. The molecule has 4 aliphatic rings. The summed E-state index contributed by atoms with van der Waals surface area (Å²) in [4.78, 5) is 13.4. The number of allylic oxidation sites excluding steroid dienone is 2. The number of rotatable bonds is 3. The summed E-state index contributed by atoms with van der Waals surface area (Å²) in [7, 11) is 0. The Labute approximate surface area is 133 Å². The molecule has 1 heteroatoms. The van der Waals surface area contributed by atoms with Crippen LogP contribution in [0.4, 0.5) is 0 Å². The van der Waals surface area contributed by atoms with Crippen molar-refractivity contribution in [1.29, 1.82) is 0 Å². The average Bonchev–Trinajstić information content (AvgIpc) is 2.52. The van der Waals surface area contributed by atoms with Gasteiger partial charge in [0.25, 0.3) is 0 Å². The third-order valence-electron chi connectivity index (χ3n) is 6.63. The van der Waals surface area contributed by atoms with Gasteiger partial charge in [-0.05, 0) is 86.8 Å². The molecule has 4 fully saturated rings. The molecule has 0 heterocycles. The molecule has 1 aromatic carbocycles. The molecular weight excluding hydrogens is 268 g/mol. The van der Waals surface area contributed by atoms with Crippen molar-refractivity contribution in [2.75, 3.05) is 0 Å². The predicted octanol–water partition coefficient (Wildman–Crippen LogP) is 5.27. The van der Waals surface area contributed by atoms with Gasteiger partial charge in [0.05, 0.1) is 0 Å². The second-order valence-electron chi connectivity index (χ2n) is 8.14. The normalized spacial score (nSPS) is 37.1. The molecule has 0 spiro atoms. The van der Waals surface area contributed by atoms with Crippen molar-refractivity contribution in [3.8, 4) is 0 Å². The molecule has 0 radical (unpaired) electrons. The minimum Gasteiger partial charge on any atom is -0.294 e. The summed E-state index contributed by atoms with van der Waals surface area (Å²) in [6.07, 6.45) is 7.68. The molecule has 0 N–H and O–H groups in total. The monoisotopic (exact) mass is 294 g/mol. The molecule has 4 saturated carbocycles. The third kappa shape index (κ3) is 2.17. The van der Waals surface area contributed by atoms with Crippen LogP contribution < -0.4 is 0 Å². The summed E-state index contributed by atoms with van der Waals surface area (Å²) < 4.78 is 0. The van der Waals surface area contributed by atoms with E-state index >= 15 is 0 Å². The van der Waals surface area contributed by atoms with E-state index in [-0.39, 0.29) is 5.41 Å². The van der Waals surface area contributed by atoms with E-state index < -0.39 is 0 Å². The molecule has 0 saturated heterocycles. The van der Waals surface area contributed by atoms with Crippen LogP contribution in [0.5, 0.6) is 0 Å². The Morgan fingerprint density at radius 2 is 1.41 bits per heavy atom. The predicted molar refractivity (Wildman–Crippen MR) is 90.3 cm³/mol. The highest BCUT2D eigenvalue weighted by molar-refractivity contribution is 6.05. The number of hydrogen-bond acceptors (Lipinski definition) is 1. The molecular formula is C21H26O. The van der Waals surface area contributed by atoms with Gasteiger partial charge in [0.1, 0.15) is 0 Å². The summed E-state index contributed by atoms with van der Waals surface area (Å²) in [6, 6.07) is 10.4. The zero-order valence-electron chi connectivity index (χ0n) is 13.8. The summed E-state index contributed by atoms with van der Waals surface area (Å²) in [6.45, 7) is 4.17. The fraction of sp³-hybridized carbons (Fsp3) is 0.571. The minimum atomic E-state index is -0.00509. The van der Waals surface area contributed by atoms with Crippen LogP contribution in [-0.4, -0.2) is 5.78 Å². The van der Waals surface area contributed by atoms with Gasteiger partial charge in [0, 0.05) is 5.41 Å². The van der Waals surface area contributed by atoms with E-state index in [0.717, 1.165) is 42.6 Å². The van der Waals surface area contributed by atoms with E-state index in [1.165, 1.54) is 30.4 Å². The first-order chi connectivity index (χ1) is 10.6. The lowest BCUT2D eigenvalue weighted by molar-refractivity contribution is -0.139. The number of carbonyl (C=O) groups is 1. The third-order valence-corrected chi connectivity index (χ3v) is 6.63. The maximum absolute atomic E-state index is 13.4. The van der Waals surface area contributed by atoms with E-state index in [2.05, 4.69) is 38.1 Å². The molecule has 0 aromatic heterocycles. The van der Waals surface area contributed by atoms with Crippen molar-refractivity contribution in [3.05, 3.63) is 41.5 Å². The molecule has 1 aromatic rings. The average molecular weight is 294 g/mol. The molecule has 4 bridgehead atoms. The lowest BCUT2D eigenvalue weighted by Gasteiger charge is -2.56. The molecule has 116 valence electrons. The largest absolute Gasteiger partial charge is 0.294 e. The first-order valence-electron chi connectivity index (χ1n) is 8.85. The SMILES string of the molecule is C/C(C(=O)C12CC3CC(CC(C3)C1)C2)=C(/C)c1ccccc1. The molecule has 4 aliphatic carbocycles. The van der Waals surface area contributed by atoms with Crippen molar-refractivity contribution in [1.82, 2.24) is 0 Å². The number of Topliss-reactive ketones (excluding diaryl/α,β-unsaturated/α-hetero) is 1. The molecule has 5 rings (SSSR count). The Morgan fingerprint density at radius 1 is 0.909 bits per heavy atom. The van der Waals surface area contributed by atoms with Gasteiger partial charge < -0.3 is 0 Å². The Kier molecular flexibility index (Phi) is 3.29. The Hall–Kier alpha value is -1.37. The van der Waals surface area contributed by atoms with E-state index in [4.69, 9.17) is 0 Å². The maximum Gasteiger partial charge on any atom is 0.165 e. The smallest absolute Gasteiger partial charge is 0.165 e. The van der Waals surface area contributed by atoms with Crippen molar-refractivity contribution in [3.63, 3.8) is 0 Å². The van der Waals surface area contributed by atoms with Crippen LogP contribution in [0.15, 0.2) is 35.9 Å². The van der Waals surface area contributed by atoms with Gasteiger partial charge in [-0.1, -0.05) is 30.3 Å². The highest BCUT2D eigenvalue weighted by Crippen LogP contribution is 2.61. The van der Waals surface area contributed by atoms with Crippen LogP contribution in [0.3, 0.4) is 0 Å². The fourth-order valence-corrected chi connectivity index (χ4v) is 5.86. The van der Waals surface area contributed by atoms with Gasteiger partial charge in [-0.15, -0.1) is 0 Å². The zero-order chi connectivity index (χ0) is 15.3. The van der Waals surface area contributed by atoms with E-state index in [1.807, 2.05) is 6.07 Å². The van der Waals surface area contributed by atoms with E-state index in [0.29, 0.717) is 5.78 Å². The van der Waals surface area contributed by atoms with Crippen LogP contribution >= 0.6 is 0 Å². The van der Waals surface area contributed by atoms with E-state index in [1.54, 1.807) is 0 Å². The van der Waals surface area contributed by atoms with Crippen molar-refractivity contribution in [2.45, 2.75) is 52.4 Å². The number of benzene rings is 1. The van der Waals surface area contributed by atoms with E-state index in [9.17, 15) is 4.79 Å². The lowest BCUT2D eigenvalue weighted by Crippen LogP contribution is -2.50. The molecule has 0 atom stereocenters. The summed E-state index contributed by atoms with van der Waals surface area (Å²) in [5.41, 5.74) is 3.36. The highest BCUT2D eigenvalue weighted by atomic mass is 16.1. The Morgan fingerprint density at radius 3 is 1.91 bits per heavy atom. The van der Waals surface area contributed by atoms with Gasteiger partial charge in [-0.2, -0.15) is 0 Å².